The average molecular weight is 208 g/mol. The summed E-state index contributed by atoms with van der Waals surface area (Å²) in [6.07, 6.45) is 3.59. The predicted molar refractivity (Wildman–Crippen MR) is 56.3 cm³/mol. The van der Waals surface area contributed by atoms with Crippen LogP contribution in [0.15, 0.2) is 24.5 Å². The van der Waals surface area contributed by atoms with Gasteiger partial charge in [0.05, 0.1) is 25.9 Å². The molecule has 0 aromatic carbocycles. The maximum Gasteiger partial charge on any atom is 0.0644 e. The van der Waals surface area contributed by atoms with Crippen LogP contribution in [0.5, 0.6) is 0 Å². The Kier molecular flexibility index (Phi) is 3.66. The number of ether oxygens (including phenoxy) is 1. The van der Waals surface area contributed by atoms with Crippen molar-refractivity contribution < 1.29 is 9.84 Å². The molecule has 2 rings (SSSR count). The molecule has 0 aliphatic carbocycles. The Morgan fingerprint density at radius 2 is 2.27 bits per heavy atom. The summed E-state index contributed by atoms with van der Waals surface area (Å²) in [6, 6.07) is 4.14. The van der Waals surface area contributed by atoms with E-state index in [1.165, 1.54) is 5.56 Å². The number of hydrogen-bond acceptors (Lipinski definition) is 4. The maximum absolute atomic E-state index is 9.21. The van der Waals surface area contributed by atoms with Crippen molar-refractivity contribution in [3.8, 4) is 0 Å². The second-order valence-electron chi connectivity index (χ2n) is 3.74. The number of rotatable bonds is 3. The first kappa shape index (κ1) is 10.5. The lowest BCUT2D eigenvalue weighted by Crippen LogP contribution is -2.46. The smallest absolute Gasteiger partial charge is 0.0644 e. The van der Waals surface area contributed by atoms with E-state index in [-0.39, 0.29) is 12.6 Å². The number of nitrogens with zero attached hydrogens (tertiary/aromatic N) is 2. The predicted octanol–water partition coefficient (Wildman–Crippen LogP) is 0.275. The summed E-state index contributed by atoms with van der Waals surface area (Å²) in [4.78, 5) is 6.23. The highest BCUT2D eigenvalue weighted by molar-refractivity contribution is 5.09. The van der Waals surface area contributed by atoms with Crippen LogP contribution < -0.4 is 0 Å². The quantitative estimate of drug-likeness (QED) is 0.774. The first-order chi connectivity index (χ1) is 7.40. The molecular weight excluding hydrogens is 192 g/mol. The molecule has 82 valence electrons. The van der Waals surface area contributed by atoms with Gasteiger partial charge in [-0.25, -0.2) is 0 Å². The van der Waals surface area contributed by atoms with Crippen LogP contribution in [0.4, 0.5) is 0 Å². The normalized spacial score (nSPS) is 22.9. The van der Waals surface area contributed by atoms with Gasteiger partial charge in [0.25, 0.3) is 0 Å². The molecule has 0 saturated carbocycles. The molecule has 1 aromatic heterocycles. The molecule has 4 nitrogen and oxygen atoms in total. The number of aliphatic hydroxyl groups excluding tert-OH is 1. The van der Waals surface area contributed by atoms with Crippen molar-refractivity contribution in [1.82, 2.24) is 9.88 Å². The lowest BCUT2D eigenvalue weighted by molar-refractivity contribution is -0.0312. The van der Waals surface area contributed by atoms with Crippen molar-refractivity contribution in [3.05, 3.63) is 30.1 Å². The topological polar surface area (TPSA) is 45.6 Å². The number of aromatic nitrogens is 1. The Hall–Kier alpha value is -0.970. The molecule has 1 aliphatic heterocycles. The standard InChI is InChI=1S/C11H16N2O2/c14-8-11-9-15-6-5-13(11)7-10-1-3-12-4-2-10/h1-4,11,14H,5-9H2. The van der Waals surface area contributed by atoms with E-state index in [0.29, 0.717) is 6.61 Å². The molecule has 0 amide bonds. The van der Waals surface area contributed by atoms with Crippen molar-refractivity contribution in [2.24, 2.45) is 0 Å². The lowest BCUT2D eigenvalue weighted by Gasteiger charge is -2.34. The zero-order chi connectivity index (χ0) is 10.5. The van der Waals surface area contributed by atoms with Gasteiger partial charge in [-0.2, -0.15) is 0 Å². The van der Waals surface area contributed by atoms with E-state index in [1.54, 1.807) is 12.4 Å². The van der Waals surface area contributed by atoms with E-state index in [1.807, 2.05) is 12.1 Å². The zero-order valence-electron chi connectivity index (χ0n) is 8.67. The van der Waals surface area contributed by atoms with Gasteiger partial charge in [-0.3, -0.25) is 9.88 Å². The van der Waals surface area contributed by atoms with E-state index < -0.39 is 0 Å². The fraction of sp³-hybridized carbons (Fsp3) is 0.545. The van der Waals surface area contributed by atoms with Crippen LogP contribution in [-0.4, -0.2) is 47.4 Å². The van der Waals surface area contributed by atoms with Gasteiger partial charge >= 0.3 is 0 Å². The third kappa shape index (κ3) is 2.75. The van der Waals surface area contributed by atoms with Crippen molar-refractivity contribution >= 4 is 0 Å². The number of pyridine rings is 1. The summed E-state index contributed by atoms with van der Waals surface area (Å²) in [5.41, 5.74) is 1.23. The fourth-order valence-corrected chi connectivity index (χ4v) is 1.79. The first-order valence-electron chi connectivity index (χ1n) is 5.21. The van der Waals surface area contributed by atoms with Crippen LogP contribution in [0, 0.1) is 0 Å². The minimum Gasteiger partial charge on any atom is -0.395 e. The summed E-state index contributed by atoms with van der Waals surface area (Å²) in [5, 5.41) is 9.21. The molecule has 15 heavy (non-hydrogen) atoms. The molecule has 1 aromatic rings. The van der Waals surface area contributed by atoms with Gasteiger partial charge in [0.15, 0.2) is 0 Å². The number of hydrogen-bond donors (Lipinski definition) is 1. The third-order valence-corrected chi connectivity index (χ3v) is 2.70. The van der Waals surface area contributed by atoms with Crippen LogP contribution in [0.25, 0.3) is 0 Å². The minimum atomic E-state index is 0.131. The van der Waals surface area contributed by atoms with E-state index in [9.17, 15) is 5.11 Å². The molecule has 0 radical (unpaired) electrons. The number of morpholine rings is 1. The molecule has 4 heteroatoms. The zero-order valence-corrected chi connectivity index (χ0v) is 8.67. The summed E-state index contributed by atoms with van der Waals surface area (Å²) in [6.45, 7) is 3.28. The second-order valence-corrected chi connectivity index (χ2v) is 3.74. The van der Waals surface area contributed by atoms with Gasteiger partial charge < -0.3 is 9.84 Å². The Labute approximate surface area is 89.5 Å². The van der Waals surface area contributed by atoms with Crippen molar-refractivity contribution in [2.45, 2.75) is 12.6 Å². The maximum atomic E-state index is 9.21. The molecule has 2 heterocycles. The fourth-order valence-electron chi connectivity index (χ4n) is 1.79. The van der Waals surface area contributed by atoms with E-state index in [0.717, 1.165) is 19.7 Å². The minimum absolute atomic E-state index is 0.131. The SMILES string of the molecule is OCC1COCCN1Cc1ccncc1. The van der Waals surface area contributed by atoms with Crippen molar-refractivity contribution in [1.29, 1.82) is 0 Å². The highest BCUT2D eigenvalue weighted by Gasteiger charge is 2.21. The molecule has 1 aliphatic rings. The lowest BCUT2D eigenvalue weighted by atomic mass is 10.2. The molecular formula is C11H16N2O2. The Balaban J connectivity index is 1.97. The van der Waals surface area contributed by atoms with Crippen molar-refractivity contribution in [3.63, 3.8) is 0 Å². The Bertz CT molecular complexity index is 292. The van der Waals surface area contributed by atoms with Crippen LogP contribution >= 0.6 is 0 Å². The second kappa shape index (κ2) is 5.21. The largest absolute Gasteiger partial charge is 0.395 e. The first-order valence-corrected chi connectivity index (χ1v) is 5.21. The Morgan fingerprint density at radius 3 is 3.00 bits per heavy atom. The van der Waals surface area contributed by atoms with Crippen molar-refractivity contribution in [2.75, 3.05) is 26.4 Å². The third-order valence-electron chi connectivity index (χ3n) is 2.70. The molecule has 0 bridgehead atoms. The average Bonchev–Trinajstić information content (AvgIpc) is 2.31. The van der Waals surface area contributed by atoms with Crippen LogP contribution in [0.1, 0.15) is 5.56 Å². The van der Waals surface area contributed by atoms with Crippen LogP contribution in [0.3, 0.4) is 0 Å². The van der Waals surface area contributed by atoms with Gasteiger partial charge in [0, 0.05) is 25.5 Å². The molecule has 1 atom stereocenters. The monoisotopic (exact) mass is 208 g/mol. The Morgan fingerprint density at radius 1 is 1.47 bits per heavy atom. The van der Waals surface area contributed by atoms with Crippen LogP contribution in [-0.2, 0) is 11.3 Å². The van der Waals surface area contributed by atoms with E-state index in [2.05, 4.69) is 9.88 Å². The highest BCUT2D eigenvalue weighted by atomic mass is 16.5. The number of aliphatic hydroxyl groups is 1. The molecule has 1 fully saturated rings. The molecule has 1 saturated heterocycles. The van der Waals surface area contributed by atoms with Gasteiger partial charge in [-0.15, -0.1) is 0 Å². The van der Waals surface area contributed by atoms with E-state index in [4.69, 9.17) is 4.74 Å². The van der Waals surface area contributed by atoms with Gasteiger partial charge in [0.2, 0.25) is 0 Å². The molecule has 1 unspecified atom stereocenters. The molecule has 1 N–H and O–H groups in total. The summed E-state index contributed by atoms with van der Waals surface area (Å²) in [7, 11) is 0. The van der Waals surface area contributed by atoms with E-state index >= 15 is 0 Å². The molecule has 0 spiro atoms. The van der Waals surface area contributed by atoms with Gasteiger partial charge in [-0.05, 0) is 17.7 Å². The summed E-state index contributed by atoms with van der Waals surface area (Å²) < 4.78 is 5.33. The van der Waals surface area contributed by atoms with Gasteiger partial charge in [-0.1, -0.05) is 0 Å². The summed E-state index contributed by atoms with van der Waals surface area (Å²) in [5.74, 6) is 0. The summed E-state index contributed by atoms with van der Waals surface area (Å²) >= 11 is 0. The van der Waals surface area contributed by atoms with Crippen LogP contribution in [0.2, 0.25) is 0 Å². The van der Waals surface area contributed by atoms with Gasteiger partial charge in [0.1, 0.15) is 0 Å². The highest BCUT2D eigenvalue weighted by Crippen LogP contribution is 2.11.